The molecule has 2 aliphatic rings. The van der Waals surface area contributed by atoms with Crippen molar-refractivity contribution < 1.29 is 9.59 Å². The zero-order valence-corrected chi connectivity index (χ0v) is 13.9. The molecule has 2 rings (SSSR count). The number of carbonyl (C=O) groups is 2. The second-order valence-electron chi connectivity index (χ2n) is 7.73. The number of rotatable bonds is 5. The molecular formula is C17H30N2O2. The molecule has 1 unspecified atom stereocenters. The first-order valence-corrected chi connectivity index (χ1v) is 8.42. The van der Waals surface area contributed by atoms with Gasteiger partial charge in [-0.3, -0.25) is 9.59 Å². The average Bonchev–Trinajstić information content (AvgIpc) is 2.81. The van der Waals surface area contributed by atoms with Crippen LogP contribution in [-0.2, 0) is 9.59 Å². The quantitative estimate of drug-likeness (QED) is 0.847. The van der Waals surface area contributed by atoms with Crippen molar-refractivity contribution in [1.29, 1.82) is 0 Å². The summed E-state index contributed by atoms with van der Waals surface area (Å²) in [6.45, 7) is 9.49. The van der Waals surface area contributed by atoms with Gasteiger partial charge in [-0.25, -0.2) is 0 Å². The van der Waals surface area contributed by atoms with Crippen LogP contribution in [0.3, 0.4) is 0 Å². The molecule has 0 aromatic rings. The van der Waals surface area contributed by atoms with Gasteiger partial charge in [0.25, 0.3) is 0 Å². The Kier molecular flexibility index (Phi) is 4.95. The molecule has 4 heteroatoms. The largest absolute Gasteiger partial charge is 0.345 e. The number of nitrogens with one attached hydrogen (secondary N) is 1. The average molecular weight is 294 g/mol. The minimum atomic E-state index is -0.295. The van der Waals surface area contributed by atoms with Crippen molar-refractivity contribution in [2.75, 3.05) is 13.1 Å². The number of amides is 2. The number of carbonyl (C=O) groups excluding carboxylic acids is 2. The number of piperazine rings is 1. The summed E-state index contributed by atoms with van der Waals surface area (Å²) in [5.41, 5.74) is 0.231. The van der Waals surface area contributed by atoms with Crippen LogP contribution in [-0.4, -0.2) is 35.8 Å². The van der Waals surface area contributed by atoms with E-state index >= 15 is 0 Å². The summed E-state index contributed by atoms with van der Waals surface area (Å²) in [4.78, 5) is 26.5. The molecule has 1 atom stereocenters. The Balaban J connectivity index is 2.20. The Morgan fingerprint density at radius 2 is 1.81 bits per heavy atom. The molecule has 1 saturated heterocycles. The first kappa shape index (κ1) is 16.3. The summed E-state index contributed by atoms with van der Waals surface area (Å²) >= 11 is 0. The van der Waals surface area contributed by atoms with Crippen LogP contribution in [0.4, 0.5) is 0 Å². The topological polar surface area (TPSA) is 49.4 Å². The second-order valence-corrected chi connectivity index (χ2v) is 7.73. The van der Waals surface area contributed by atoms with Gasteiger partial charge in [0.05, 0.1) is 6.54 Å². The van der Waals surface area contributed by atoms with Crippen LogP contribution in [0.5, 0.6) is 0 Å². The molecule has 0 aromatic heterocycles. The molecule has 1 heterocycles. The molecule has 21 heavy (non-hydrogen) atoms. The van der Waals surface area contributed by atoms with Crippen LogP contribution in [0.1, 0.15) is 59.8 Å². The second kappa shape index (κ2) is 6.37. The first-order chi connectivity index (χ1) is 9.84. The molecular weight excluding hydrogens is 264 g/mol. The maximum absolute atomic E-state index is 12.4. The SMILES string of the molecule is CC(C)CC1(CN2C(=O)CNC(=O)C2C(C)C)CCCC1. The lowest BCUT2D eigenvalue weighted by atomic mass is 9.77. The fourth-order valence-corrected chi connectivity index (χ4v) is 4.29. The Morgan fingerprint density at radius 1 is 1.19 bits per heavy atom. The van der Waals surface area contributed by atoms with Crippen LogP contribution >= 0.6 is 0 Å². The van der Waals surface area contributed by atoms with Gasteiger partial charge in [0, 0.05) is 6.54 Å². The van der Waals surface area contributed by atoms with E-state index < -0.39 is 0 Å². The fourth-order valence-electron chi connectivity index (χ4n) is 4.29. The number of hydrogen-bond acceptors (Lipinski definition) is 2. The lowest BCUT2D eigenvalue weighted by molar-refractivity contribution is -0.149. The predicted octanol–water partition coefficient (Wildman–Crippen LogP) is 2.58. The monoisotopic (exact) mass is 294 g/mol. The Morgan fingerprint density at radius 3 is 2.33 bits per heavy atom. The van der Waals surface area contributed by atoms with E-state index in [4.69, 9.17) is 0 Å². The van der Waals surface area contributed by atoms with Gasteiger partial charge in [0.15, 0.2) is 0 Å². The molecule has 2 amide bonds. The third kappa shape index (κ3) is 3.58. The van der Waals surface area contributed by atoms with Gasteiger partial charge in [0.1, 0.15) is 6.04 Å². The molecule has 0 spiro atoms. The van der Waals surface area contributed by atoms with Gasteiger partial charge in [-0.1, -0.05) is 40.5 Å². The Hall–Kier alpha value is -1.06. The van der Waals surface area contributed by atoms with E-state index in [1.165, 1.54) is 25.7 Å². The van der Waals surface area contributed by atoms with E-state index in [1.807, 2.05) is 18.7 Å². The van der Waals surface area contributed by atoms with E-state index in [0.29, 0.717) is 5.92 Å². The van der Waals surface area contributed by atoms with E-state index in [0.717, 1.165) is 13.0 Å². The van der Waals surface area contributed by atoms with Crippen LogP contribution in [0, 0.1) is 17.3 Å². The number of hydrogen-bond donors (Lipinski definition) is 1. The molecule has 120 valence electrons. The summed E-state index contributed by atoms with van der Waals surface area (Å²) in [6.07, 6.45) is 6.06. The third-order valence-electron chi connectivity index (χ3n) is 4.98. The maximum Gasteiger partial charge on any atom is 0.243 e. The normalized spacial score (nSPS) is 25.8. The first-order valence-electron chi connectivity index (χ1n) is 8.42. The molecule has 1 aliphatic heterocycles. The van der Waals surface area contributed by atoms with Crippen LogP contribution in [0.2, 0.25) is 0 Å². The van der Waals surface area contributed by atoms with Crippen molar-refractivity contribution in [3.8, 4) is 0 Å². The molecule has 1 N–H and O–H groups in total. The van der Waals surface area contributed by atoms with E-state index in [1.54, 1.807) is 0 Å². The van der Waals surface area contributed by atoms with Gasteiger partial charge in [0.2, 0.25) is 11.8 Å². The summed E-state index contributed by atoms with van der Waals surface area (Å²) in [6, 6.07) is -0.295. The Bertz CT molecular complexity index is 398. The summed E-state index contributed by atoms with van der Waals surface area (Å²) < 4.78 is 0. The van der Waals surface area contributed by atoms with Crippen molar-refractivity contribution in [2.45, 2.75) is 65.8 Å². The van der Waals surface area contributed by atoms with Crippen molar-refractivity contribution in [1.82, 2.24) is 10.2 Å². The van der Waals surface area contributed by atoms with E-state index in [9.17, 15) is 9.59 Å². The molecule has 0 bridgehead atoms. The van der Waals surface area contributed by atoms with Gasteiger partial charge in [-0.15, -0.1) is 0 Å². The molecule has 2 fully saturated rings. The highest BCUT2D eigenvalue weighted by Gasteiger charge is 2.43. The maximum atomic E-state index is 12.4. The molecule has 1 aliphatic carbocycles. The smallest absolute Gasteiger partial charge is 0.243 e. The standard InChI is InChI=1S/C17H30N2O2/c1-12(2)9-17(7-5-6-8-17)11-19-14(20)10-18-16(21)15(19)13(3)4/h12-13,15H,5-11H2,1-4H3,(H,18,21). The van der Waals surface area contributed by atoms with Gasteiger partial charge in [-0.2, -0.15) is 0 Å². The molecule has 1 saturated carbocycles. The molecule has 4 nitrogen and oxygen atoms in total. The third-order valence-corrected chi connectivity index (χ3v) is 4.98. The van der Waals surface area contributed by atoms with Crippen LogP contribution in [0.25, 0.3) is 0 Å². The highest BCUT2D eigenvalue weighted by Crippen LogP contribution is 2.44. The summed E-state index contributed by atoms with van der Waals surface area (Å²) in [7, 11) is 0. The van der Waals surface area contributed by atoms with Gasteiger partial charge >= 0.3 is 0 Å². The minimum absolute atomic E-state index is 0.0160. The van der Waals surface area contributed by atoms with Crippen LogP contribution in [0.15, 0.2) is 0 Å². The summed E-state index contributed by atoms with van der Waals surface area (Å²) in [5.74, 6) is 0.895. The lowest BCUT2D eigenvalue weighted by Crippen LogP contribution is -2.62. The van der Waals surface area contributed by atoms with Gasteiger partial charge in [-0.05, 0) is 36.5 Å². The van der Waals surface area contributed by atoms with Crippen LogP contribution < -0.4 is 5.32 Å². The molecule has 0 aromatic carbocycles. The predicted molar refractivity (Wildman–Crippen MR) is 83.7 cm³/mol. The molecule has 0 radical (unpaired) electrons. The highest BCUT2D eigenvalue weighted by atomic mass is 16.2. The lowest BCUT2D eigenvalue weighted by Gasteiger charge is -2.43. The zero-order chi connectivity index (χ0) is 15.6. The zero-order valence-electron chi connectivity index (χ0n) is 13.9. The van der Waals surface area contributed by atoms with Crippen molar-refractivity contribution in [2.24, 2.45) is 17.3 Å². The minimum Gasteiger partial charge on any atom is -0.345 e. The van der Waals surface area contributed by atoms with E-state index in [-0.39, 0.29) is 35.7 Å². The summed E-state index contributed by atoms with van der Waals surface area (Å²) in [5, 5.41) is 2.74. The van der Waals surface area contributed by atoms with Gasteiger partial charge < -0.3 is 10.2 Å². The highest BCUT2D eigenvalue weighted by molar-refractivity contribution is 5.95. The fraction of sp³-hybridized carbons (Fsp3) is 0.882. The van der Waals surface area contributed by atoms with E-state index in [2.05, 4.69) is 19.2 Å². The van der Waals surface area contributed by atoms with Crippen molar-refractivity contribution in [3.05, 3.63) is 0 Å². The van der Waals surface area contributed by atoms with Crippen molar-refractivity contribution >= 4 is 11.8 Å². The Labute approximate surface area is 128 Å². The van der Waals surface area contributed by atoms with Crippen molar-refractivity contribution in [3.63, 3.8) is 0 Å². The number of nitrogens with zero attached hydrogens (tertiary/aromatic N) is 1.